The first kappa shape index (κ1) is 13.1. The molecule has 1 aromatic rings. The van der Waals surface area contributed by atoms with Crippen molar-refractivity contribution >= 4 is 9.84 Å². The lowest BCUT2D eigenvalue weighted by Gasteiger charge is -2.39. The molecule has 2 bridgehead atoms. The molecule has 2 heterocycles. The van der Waals surface area contributed by atoms with Gasteiger partial charge >= 0.3 is 0 Å². The molecule has 0 N–H and O–H groups in total. The van der Waals surface area contributed by atoms with Crippen LogP contribution in [0.15, 0.2) is 35.2 Å². The second kappa shape index (κ2) is 4.04. The molecule has 4 nitrogen and oxygen atoms in total. The summed E-state index contributed by atoms with van der Waals surface area (Å²) in [7, 11) is -3.43. The van der Waals surface area contributed by atoms with Gasteiger partial charge in [0.2, 0.25) is 0 Å². The standard InChI is InChI=1S/C14H18O4S/c1-13-9-8-12(14(2,18-13)17-10-13)19(15,16)11-6-4-3-5-7-11/h3-7,12H,8-10H2,1-2H3/t12-,13-,14+/m0/s1. The Kier molecular flexibility index (Phi) is 2.78. The van der Waals surface area contributed by atoms with Gasteiger partial charge in [-0.25, -0.2) is 8.42 Å². The van der Waals surface area contributed by atoms with Crippen LogP contribution in [0.4, 0.5) is 0 Å². The van der Waals surface area contributed by atoms with E-state index in [1.54, 1.807) is 37.3 Å². The summed E-state index contributed by atoms with van der Waals surface area (Å²) in [5.41, 5.74) is -0.336. The van der Waals surface area contributed by atoms with E-state index in [-0.39, 0.29) is 5.60 Å². The van der Waals surface area contributed by atoms with Crippen molar-refractivity contribution in [3.8, 4) is 0 Å². The highest BCUT2D eigenvalue weighted by molar-refractivity contribution is 7.92. The molecule has 2 aliphatic rings. The van der Waals surface area contributed by atoms with Crippen LogP contribution in [0.3, 0.4) is 0 Å². The Balaban J connectivity index is 1.99. The van der Waals surface area contributed by atoms with E-state index < -0.39 is 20.9 Å². The van der Waals surface area contributed by atoms with Crippen LogP contribution in [0.25, 0.3) is 0 Å². The summed E-state index contributed by atoms with van der Waals surface area (Å²) >= 11 is 0. The van der Waals surface area contributed by atoms with Gasteiger partial charge in [0.05, 0.1) is 17.1 Å². The van der Waals surface area contributed by atoms with Crippen molar-refractivity contribution in [2.45, 2.75) is 48.2 Å². The Morgan fingerprint density at radius 3 is 2.58 bits per heavy atom. The second-order valence-electron chi connectivity index (χ2n) is 5.74. The molecule has 19 heavy (non-hydrogen) atoms. The lowest BCUT2D eigenvalue weighted by Crippen LogP contribution is -2.51. The zero-order chi connectivity index (χ0) is 13.7. The van der Waals surface area contributed by atoms with Crippen molar-refractivity contribution in [1.82, 2.24) is 0 Å². The first-order valence-electron chi connectivity index (χ1n) is 6.49. The fourth-order valence-corrected chi connectivity index (χ4v) is 5.01. The molecule has 1 aromatic carbocycles. The van der Waals surface area contributed by atoms with Crippen LogP contribution in [0.2, 0.25) is 0 Å². The molecule has 3 rings (SSSR count). The van der Waals surface area contributed by atoms with Crippen molar-refractivity contribution in [2.24, 2.45) is 0 Å². The van der Waals surface area contributed by atoms with Gasteiger partial charge in [-0.1, -0.05) is 18.2 Å². The zero-order valence-electron chi connectivity index (χ0n) is 11.1. The number of hydrogen-bond acceptors (Lipinski definition) is 4. The Bertz CT molecular complexity index is 583. The number of sulfone groups is 1. The van der Waals surface area contributed by atoms with Crippen molar-refractivity contribution in [3.63, 3.8) is 0 Å². The van der Waals surface area contributed by atoms with E-state index in [0.29, 0.717) is 24.3 Å². The van der Waals surface area contributed by atoms with Crippen LogP contribution >= 0.6 is 0 Å². The molecule has 104 valence electrons. The third kappa shape index (κ3) is 2.00. The molecule has 3 atom stereocenters. The number of fused-ring (bicyclic) bond motifs is 2. The van der Waals surface area contributed by atoms with Gasteiger partial charge in [0.1, 0.15) is 5.25 Å². The minimum Gasteiger partial charge on any atom is -0.346 e. The van der Waals surface area contributed by atoms with Gasteiger partial charge in [-0.15, -0.1) is 0 Å². The van der Waals surface area contributed by atoms with Gasteiger partial charge in [-0.3, -0.25) is 0 Å². The first-order chi connectivity index (χ1) is 8.86. The molecule has 2 fully saturated rings. The fourth-order valence-electron chi connectivity index (χ4n) is 3.04. The smallest absolute Gasteiger partial charge is 0.186 e. The minimum absolute atomic E-state index is 0.336. The van der Waals surface area contributed by atoms with Gasteiger partial charge in [-0.2, -0.15) is 0 Å². The number of benzene rings is 1. The molecule has 0 aromatic heterocycles. The van der Waals surface area contributed by atoms with Gasteiger partial charge in [-0.05, 0) is 38.8 Å². The van der Waals surface area contributed by atoms with Crippen molar-refractivity contribution in [2.75, 3.05) is 6.61 Å². The Labute approximate surface area is 113 Å². The molecule has 0 spiro atoms. The van der Waals surface area contributed by atoms with Crippen LogP contribution in [0.5, 0.6) is 0 Å². The third-order valence-electron chi connectivity index (χ3n) is 4.08. The van der Waals surface area contributed by atoms with Gasteiger partial charge in [0.25, 0.3) is 0 Å². The Morgan fingerprint density at radius 2 is 1.89 bits per heavy atom. The van der Waals surface area contributed by atoms with Crippen LogP contribution in [0.1, 0.15) is 26.7 Å². The van der Waals surface area contributed by atoms with Crippen LogP contribution in [0, 0.1) is 0 Å². The van der Waals surface area contributed by atoms with E-state index in [9.17, 15) is 8.42 Å². The van der Waals surface area contributed by atoms with E-state index in [1.807, 2.05) is 6.92 Å². The zero-order valence-corrected chi connectivity index (χ0v) is 11.9. The van der Waals surface area contributed by atoms with Crippen molar-refractivity contribution in [1.29, 1.82) is 0 Å². The summed E-state index contributed by atoms with van der Waals surface area (Å²) in [6, 6.07) is 8.53. The third-order valence-corrected chi connectivity index (χ3v) is 6.42. The van der Waals surface area contributed by atoms with Crippen LogP contribution in [-0.4, -0.2) is 31.7 Å². The molecule has 2 saturated heterocycles. The molecule has 0 aliphatic carbocycles. The molecule has 2 aliphatic heterocycles. The van der Waals surface area contributed by atoms with Crippen molar-refractivity contribution in [3.05, 3.63) is 30.3 Å². The highest BCUT2D eigenvalue weighted by atomic mass is 32.2. The van der Waals surface area contributed by atoms with E-state index in [0.717, 1.165) is 0 Å². The fraction of sp³-hybridized carbons (Fsp3) is 0.571. The number of hydrogen-bond donors (Lipinski definition) is 0. The van der Waals surface area contributed by atoms with E-state index in [4.69, 9.17) is 9.47 Å². The summed E-state index contributed by atoms with van der Waals surface area (Å²) in [6.45, 7) is 4.18. The monoisotopic (exact) mass is 282 g/mol. The molecule has 0 radical (unpaired) electrons. The van der Waals surface area contributed by atoms with Crippen LogP contribution in [-0.2, 0) is 19.3 Å². The lowest BCUT2D eigenvalue weighted by molar-refractivity contribution is -0.191. The summed E-state index contributed by atoms with van der Waals surface area (Å²) in [5.74, 6) is -1.03. The predicted octanol–water partition coefficient (Wildman–Crippen LogP) is 2.14. The van der Waals surface area contributed by atoms with E-state index in [1.165, 1.54) is 0 Å². The molecular formula is C14H18O4S. The minimum atomic E-state index is -3.43. The highest BCUT2D eigenvalue weighted by Gasteiger charge is 2.58. The van der Waals surface area contributed by atoms with E-state index in [2.05, 4.69) is 0 Å². The lowest BCUT2D eigenvalue weighted by atomic mass is 9.95. The Morgan fingerprint density at radius 1 is 1.21 bits per heavy atom. The van der Waals surface area contributed by atoms with Gasteiger partial charge < -0.3 is 9.47 Å². The average molecular weight is 282 g/mol. The SMILES string of the molecule is C[C@]12CC[C@H](S(=O)(=O)c3ccccc3)[C@](C)(OC1)O2. The highest BCUT2D eigenvalue weighted by Crippen LogP contribution is 2.46. The topological polar surface area (TPSA) is 52.6 Å². The predicted molar refractivity (Wildman–Crippen MR) is 70.5 cm³/mol. The van der Waals surface area contributed by atoms with E-state index >= 15 is 0 Å². The summed E-state index contributed by atoms with van der Waals surface area (Å²) < 4.78 is 37.0. The average Bonchev–Trinajstić information content (AvgIpc) is 2.60. The maximum Gasteiger partial charge on any atom is 0.186 e. The molecule has 0 saturated carbocycles. The number of ether oxygens (including phenoxy) is 2. The maximum atomic E-state index is 12.7. The Hall–Kier alpha value is -0.910. The first-order valence-corrected chi connectivity index (χ1v) is 8.04. The number of rotatable bonds is 2. The summed E-state index contributed by atoms with van der Waals surface area (Å²) in [5, 5.41) is -0.641. The molecular weight excluding hydrogens is 264 g/mol. The second-order valence-corrected chi connectivity index (χ2v) is 7.87. The normalized spacial score (nSPS) is 38.3. The molecule has 5 heteroatoms. The molecule has 0 amide bonds. The largest absolute Gasteiger partial charge is 0.346 e. The quantitative estimate of drug-likeness (QED) is 0.834. The van der Waals surface area contributed by atoms with Gasteiger partial charge in [0.15, 0.2) is 15.6 Å². The van der Waals surface area contributed by atoms with Crippen LogP contribution < -0.4 is 0 Å². The summed E-state index contributed by atoms with van der Waals surface area (Å²) in [4.78, 5) is 0.337. The van der Waals surface area contributed by atoms with Gasteiger partial charge in [0, 0.05) is 0 Å². The van der Waals surface area contributed by atoms with Crippen molar-refractivity contribution < 1.29 is 17.9 Å². The maximum absolute atomic E-state index is 12.7. The molecule has 0 unspecified atom stereocenters. The summed E-state index contributed by atoms with van der Waals surface area (Å²) in [6.07, 6.45) is 1.28.